The van der Waals surface area contributed by atoms with Crippen LogP contribution in [0.4, 0.5) is 17.1 Å². The molecule has 2 aliphatic heterocycles. The van der Waals surface area contributed by atoms with Crippen molar-refractivity contribution < 1.29 is 9.59 Å². The molecule has 1 saturated heterocycles. The predicted molar refractivity (Wildman–Crippen MR) is 145 cm³/mol. The maximum Gasteiger partial charge on any atom is 0.256 e. The third-order valence-electron chi connectivity index (χ3n) is 6.77. The predicted octanol–water partition coefficient (Wildman–Crippen LogP) is 6.00. The van der Waals surface area contributed by atoms with Crippen LogP contribution in [0, 0.1) is 0 Å². The lowest BCUT2D eigenvalue weighted by Gasteiger charge is -2.22. The molecule has 2 aliphatic rings. The van der Waals surface area contributed by atoms with Crippen molar-refractivity contribution in [2.45, 2.75) is 37.0 Å². The Morgan fingerprint density at radius 1 is 0.800 bits per heavy atom. The summed E-state index contributed by atoms with van der Waals surface area (Å²) in [4.78, 5) is 31.1. The number of carbonyl (C=O) groups excluding carboxylic acids is 2. The molecule has 0 spiro atoms. The highest BCUT2D eigenvalue weighted by Gasteiger charge is 2.24. The zero-order chi connectivity index (χ0) is 24.0. The van der Waals surface area contributed by atoms with Crippen molar-refractivity contribution in [2.24, 2.45) is 0 Å². The van der Waals surface area contributed by atoms with Crippen LogP contribution in [0.5, 0.6) is 0 Å². The standard InChI is InChI=1S/C29H31N3O2S/c33-28(32-20-17-22-9-3-5-11-26(22)32)21-35-27-12-6-4-10-25(27)29(34)30-23-13-15-24(16-14-23)31-18-7-1-2-8-19-31/h3-6,9-16H,1-2,7-8,17-21H2,(H,30,34). The number of hydrogen-bond donors (Lipinski definition) is 1. The zero-order valence-corrected chi connectivity index (χ0v) is 20.7. The fraction of sp³-hybridized carbons (Fsp3) is 0.310. The Hall–Kier alpha value is -3.25. The second-order valence-electron chi connectivity index (χ2n) is 9.11. The summed E-state index contributed by atoms with van der Waals surface area (Å²) in [7, 11) is 0. The van der Waals surface area contributed by atoms with Gasteiger partial charge >= 0.3 is 0 Å². The number of hydrogen-bond acceptors (Lipinski definition) is 4. The molecular formula is C29H31N3O2S. The largest absolute Gasteiger partial charge is 0.372 e. The van der Waals surface area contributed by atoms with E-state index < -0.39 is 0 Å². The third kappa shape index (κ3) is 5.54. The smallest absolute Gasteiger partial charge is 0.256 e. The molecule has 3 aromatic rings. The van der Waals surface area contributed by atoms with E-state index in [2.05, 4.69) is 28.4 Å². The fourth-order valence-electron chi connectivity index (χ4n) is 4.88. The van der Waals surface area contributed by atoms with Gasteiger partial charge in [0.15, 0.2) is 0 Å². The number of nitrogens with zero attached hydrogens (tertiary/aromatic N) is 2. The number of benzene rings is 3. The number of carbonyl (C=O) groups is 2. The first-order chi connectivity index (χ1) is 17.2. The van der Waals surface area contributed by atoms with Gasteiger partial charge in [0.25, 0.3) is 5.91 Å². The monoisotopic (exact) mass is 485 g/mol. The number of nitrogens with one attached hydrogen (secondary N) is 1. The lowest BCUT2D eigenvalue weighted by Crippen LogP contribution is -2.30. The molecule has 3 aromatic carbocycles. The molecule has 1 fully saturated rings. The Morgan fingerprint density at radius 2 is 1.51 bits per heavy atom. The molecule has 0 saturated carbocycles. The normalized spacial score (nSPS) is 15.4. The van der Waals surface area contributed by atoms with Crippen LogP contribution in [0.15, 0.2) is 77.7 Å². The number of thioether (sulfide) groups is 1. The Bertz CT molecular complexity index is 1190. The van der Waals surface area contributed by atoms with Gasteiger partial charge in [-0.25, -0.2) is 0 Å². The Kier molecular flexibility index (Phi) is 7.38. The van der Waals surface area contributed by atoms with Crippen molar-refractivity contribution in [1.29, 1.82) is 0 Å². The SMILES string of the molecule is O=C(Nc1ccc(N2CCCCCC2)cc1)c1ccccc1SCC(=O)N1CCc2ccccc21. The quantitative estimate of drug-likeness (QED) is 0.435. The number of anilines is 3. The summed E-state index contributed by atoms with van der Waals surface area (Å²) in [6.07, 6.45) is 5.97. The molecule has 0 bridgehead atoms. The summed E-state index contributed by atoms with van der Waals surface area (Å²) in [6.45, 7) is 2.91. The molecule has 0 unspecified atom stereocenters. The number of para-hydroxylation sites is 1. The summed E-state index contributed by atoms with van der Waals surface area (Å²) >= 11 is 1.42. The number of rotatable bonds is 6. The van der Waals surface area contributed by atoms with Crippen LogP contribution in [-0.4, -0.2) is 37.2 Å². The fourth-order valence-corrected chi connectivity index (χ4v) is 5.80. The van der Waals surface area contributed by atoms with Crippen LogP contribution >= 0.6 is 11.8 Å². The van der Waals surface area contributed by atoms with Crippen LogP contribution in [0.25, 0.3) is 0 Å². The van der Waals surface area contributed by atoms with E-state index >= 15 is 0 Å². The number of amides is 2. The molecule has 0 aromatic heterocycles. The van der Waals surface area contributed by atoms with Crippen molar-refractivity contribution in [3.05, 3.63) is 83.9 Å². The van der Waals surface area contributed by atoms with E-state index in [4.69, 9.17) is 0 Å². The van der Waals surface area contributed by atoms with Crippen molar-refractivity contribution in [3.63, 3.8) is 0 Å². The highest BCUT2D eigenvalue weighted by Crippen LogP contribution is 2.30. The van der Waals surface area contributed by atoms with Gasteiger partial charge in [-0.2, -0.15) is 0 Å². The third-order valence-corrected chi connectivity index (χ3v) is 7.83. The second-order valence-corrected chi connectivity index (χ2v) is 10.1. The average molecular weight is 486 g/mol. The first-order valence-corrected chi connectivity index (χ1v) is 13.4. The van der Waals surface area contributed by atoms with E-state index in [-0.39, 0.29) is 11.8 Å². The van der Waals surface area contributed by atoms with E-state index in [0.29, 0.717) is 17.9 Å². The van der Waals surface area contributed by atoms with Crippen LogP contribution in [0.2, 0.25) is 0 Å². The highest BCUT2D eigenvalue weighted by molar-refractivity contribution is 8.00. The summed E-state index contributed by atoms with van der Waals surface area (Å²) in [5.74, 6) is 0.206. The second kappa shape index (κ2) is 11.0. The van der Waals surface area contributed by atoms with Crippen molar-refractivity contribution in [2.75, 3.05) is 40.5 Å². The maximum atomic E-state index is 13.1. The van der Waals surface area contributed by atoms with Gasteiger partial charge in [-0.3, -0.25) is 9.59 Å². The molecule has 0 radical (unpaired) electrons. The van der Waals surface area contributed by atoms with Crippen molar-refractivity contribution in [3.8, 4) is 0 Å². The van der Waals surface area contributed by atoms with Gasteiger partial charge in [0.1, 0.15) is 0 Å². The van der Waals surface area contributed by atoms with Crippen LogP contribution < -0.4 is 15.1 Å². The Labute approximate surface area is 211 Å². The van der Waals surface area contributed by atoms with Gasteiger partial charge in [0.05, 0.1) is 11.3 Å². The minimum Gasteiger partial charge on any atom is -0.372 e. The molecule has 5 rings (SSSR count). The Morgan fingerprint density at radius 3 is 2.31 bits per heavy atom. The van der Waals surface area contributed by atoms with Gasteiger partial charge in [-0.1, -0.05) is 43.2 Å². The first-order valence-electron chi connectivity index (χ1n) is 12.5. The maximum absolute atomic E-state index is 13.1. The topological polar surface area (TPSA) is 52.7 Å². The van der Waals surface area contributed by atoms with E-state index in [9.17, 15) is 9.59 Å². The average Bonchev–Trinajstić information content (AvgIpc) is 3.14. The summed E-state index contributed by atoms with van der Waals surface area (Å²) in [5.41, 5.74) is 4.80. The van der Waals surface area contributed by atoms with Crippen molar-refractivity contribution in [1.82, 2.24) is 0 Å². The minimum atomic E-state index is -0.158. The molecule has 2 heterocycles. The molecule has 0 aliphatic carbocycles. The van der Waals surface area contributed by atoms with Gasteiger partial charge in [-0.05, 0) is 67.3 Å². The van der Waals surface area contributed by atoms with Crippen molar-refractivity contribution >= 4 is 40.6 Å². The summed E-state index contributed by atoms with van der Waals surface area (Å²) in [5, 5.41) is 3.03. The van der Waals surface area contributed by atoms with E-state index in [1.807, 2.05) is 59.5 Å². The molecule has 180 valence electrons. The molecule has 5 nitrogen and oxygen atoms in total. The van der Waals surface area contributed by atoms with E-state index in [1.165, 1.54) is 48.7 Å². The van der Waals surface area contributed by atoms with Gasteiger partial charge in [0.2, 0.25) is 5.91 Å². The highest BCUT2D eigenvalue weighted by atomic mass is 32.2. The van der Waals surface area contributed by atoms with Crippen LogP contribution in [0.1, 0.15) is 41.6 Å². The molecule has 35 heavy (non-hydrogen) atoms. The first kappa shape index (κ1) is 23.5. The molecule has 0 atom stereocenters. The van der Waals surface area contributed by atoms with Gasteiger partial charge < -0.3 is 15.1 Å². The summed E-state index contributed by atoms with van der Waals surface area (Å²) in [6, 6.07) is 23.7. The van der Waals surface area contributed by atoms with Gasteiger partial charge in [-0.15, -0.1) is 11.8 Å². The molecule has 1 N–H and O–H groups in total. The minimum absolute atomic E-state index is 0.0688. The van der Waals surface area contributed by atoms with E-state index in [0.717, 1.165) is 35.8 Å². The lowest BCUT2D eigenvalue weighted by molar-refractivity contribution is -0.116. The molecule has 2 amide bonds. The molecular weight excluding hydrogens is 454 g/mol. The number of fused-ring (bicyclic) bond motifs is 1. The van der Waals surface area contributed by atoms with Gasteiger partial charge in [0, 0.05) is 41.6 Å². The molecule has 6 heteroatoms. The van der Waals surface area contributed by atoms with Crippen LogP contribution in [0.3, 0.4) is 0 Å². The van der Waals surface area contributed by atoms with Crippen LogP contribution in [-0.2, 0) is 11.2 Å². The zero-order valence-electron chi connectivity index (χ0n) is 19.9. The Balaban J connectivity index is 1.22. The lowest BCUT2D eigenvalue weighted by atomic mass is 10.2. The van der Waals surface area contributed by atoms with E-state index in [1.54, 1.807) is 0 Å². The summed E-state index contributed by atoms with van der Waals surface area (Å²) < 4.78 is 0.